The molecule has 0 saturated carbocycles. The fourth-order valence-corrected chi connectivity index (χ4v) is 6.52. The van der Waals surface area contributed by atoms with Crippen molar-refractivity contribution >= 4 is 71.7 Å². The summed E-state index contributed by atoms with van der Waals surface area (Å²) in [6.07, 6.45) is 0. The lowest BCUT2D eigenvalue weighted by molar-refractivity contribution is 0.665. The summed E-state index contributed by atoms with van der Waals surface area (Å²) in [6.45, 7) is 0. The third-order valence-corrected chi connectivity index (χ3v) is 8.45. The van der Waals surface area contributed by atoms with E-state index in [1.165, 1.54) is 11.1 Å². The van der Waals surface area contributed by atoms with Crippen molar-refractivity contribution in [3.63, 3.8) is 0 Å². The van der Waals surface area contributed by atoms with E-state index in [2.05, 4.69) is 138 Å². The van der Waals surface area contributed by atoms with Crippen molar-refractivity contribution in [1.82, 2.24) is 0 Å². The summed E-state index contributed by atoms with van der Waals surface area (Å²) in [6, 6.07) is 52.9. The van der Waals surface area contributed by atoms with Crippen LogP contribution in [0.15, 0.2) is 160 Å². The first-order chi connectivity index (χ1) is 21.3. The molecule has 2 heterocycles. The second-order valence-electron chi connectivity index (χ2n) is 10.9. The second-order valence-corrected chi connectivity index (χ2v) is 10.9. The van der Waals surface area contributed by atoms with E-state index in [1.54, 1.807) is 0 Å². The Labute approximate surface area is 247 Å². The van der Waals surface area contributed by atoms with Crippen molar-refractivity contribution in [3.05, 3.63) is 152 Å². The summed E-state index contributed by atoms with van der Waals surface area (Å²) in [5, 5.41) is 6.48. The van der Waals surface area contributed by atoms with Gasteiger partial charge in [-0.2, -0.15) is 0 Å². The standard InChI is InChI=1S/C40H25NO2/c1-3-12-26(13-4-1)27-22-24-29(25-23-27)41(28-14-5-2-6-15-28)34-20-11-19-33-36-30-16-7-8-17-31(30)39-37(40(36)43-38(33)34)32-18-9-10-21-35(32)42-39/h1-25H. The van der Waals surface area contributed by atoms with Gasteiger partial charge in [0, 0.05) is 32.9 Å². The summed E-state index contributed by atoms with van der Waals surface area (Å²) in [4.78, 5) is 2.28. The molecule has 0 atom stereocenters. The molecule has 0 aliphatic rings. The van der Waals surface area contributed by atoms with Gasteiger partial charge in [-0.25, -0.2) is 0 Å². The lowest BCUT2D eigenvalue weighted by Crippen LogP contribution is -2.10. The number of furan rings is 2. The molecule has 2 aromatic heterocycles. The van der Waals surface area contributed by atoms with Crippen LogP contribution in [0.1, 0.15) is 0 Å². The number of hydrogen-bond donors (Lipinski definition) is 0. The number of anilines is 3. The van der Waals surface area contributed by atoms with Gasteiger partial charge in [0.25, 0.3) is 0 Å². The molecule has 0 aliphatic heterocycles. The van der Waals surface area contributed by atoms with E-state index in [0.717, 1.165) is 71.7 Å². The van der Waals surface area contributed by atoms with Gasteiger partial charge in [0.05, 0.1) is 11.1 Å². The minimum absolute atomic E-state index is 0.844. The highest BCUT2D eigenvalue weighted by molar-refractivity contribution is 6.34. The van der Waals surface area contributed by atoms with E-state index in [-0.39, 0.29) is 0 Å². The summed E-state index contributed by atoms with van der Waals surface area (Å²) in [5.74, 6) is 0. The van der Waals surface area contributed by atoms with Crippen molar-refractivity contribution in [2.24, 2.45) is 0 Å². The molecular formula is C40H25NO2. The van der Waals surface area contributed by atoms with Crippen LogP contribution in [0, 0.1) is 0 Å². The number of benzene rings is 7. The normalized spacial score (nSPS) is 11.7. The van der Waals surface area contributed by atoms with Crippen LogP contribution in [0.4, 0.5) is 17.1 Å². The van der Waals surface area contributed by atoms with Crippen LogP contribution in [0.2, 0.25) is 0 Å². The van der Waals surface area contributed by atoms with Gasteiger partial charge in [-0.3, -0.25) is 0 Å². The highest BCUT2D eigenvalue weighted by atomic mass is 16.3. The molecule has 3 nitrogen and oxygen atoms in total. The van der Waals surface area contributed by atoms with Gasteiger partial charge in [-0.15, -0.1) is 0 Å². The predicted molar refractivity (Wildman–Crippen MR) is 179 cm³/mol. The molecule has 0 N–H and O–H groups in total. The molecular weight excluding hydrogens is 526 g/mol. The summed E-state index contributed by atoms with van der Waals surface area (Å²) >= 11 is 0. The molecule has 0 aliphatic carbocycles. The lowest BCUT2D eigenvalue weighted by atomic mass is 9.99. The molecule has 0 saturated heterocycles. The van der Waals surface area contributed by atoms with Gasteiger partial charge >= 0.3 is 0 Å². The van der Waals surface area contributed by atoms with Crippen LogP contribution in [0.25, 0.3) is 65.8 Å². The van der Waals surface area contributed by atoms with Crippen LogP contribution in [-0.2, 0) is 0 Å². The highest BCUT2D eigenvalue weighted by Gasteiger charge is 2.24. The van der Waals surface area contributed by atoms with Crippen molar-refractivity contribution < 1.29 is 8.83 Å². The first-order valence-corrected chi connectivity index (χ1v) is 14.5. The maximum atomic E-state index is 6.99. The lowest BCUT2D eigenvalue weighted by Gasteiger charge is -2.25. The largest absolute Gasteiger partial charge is 0.455 e. The minimum Gasteiger partial charge on any atom is -0.455 e. The Hall–Kier alpha value is -5.80. The fraction of sp³-hybridized carbons (Fsp3) is 0. The molecule has 202 valence electrons. The first kappa shape index (κ1) is 23.9. The zero-order valence-electron chi connectivity index (χ0n) is 23.2. The molecule has 0 amide bonds. The second kappa shape index (κ2) is 9.37. The molecule has 0 radical (unpaired) electrons. The van der Waals surface area contributed by atoms with Gasteiger partial charge in [0.2, 0.25) is 0 Å². The molecule has 43 heavy (non-hydrogen) atoms. The van der Waals surface area contributed by atoms with Crippen LogP contribution < -0.4 is 4.90 Å². The zero-order valence-corrected chi connectivity index (χ0v) is 23.2. The summed E-state index contributed by atoms with van der Waals surface area (Å²) in [5.41, 5.74) is 8.90. The van der Waals surface area contributed by atoms with Crippen LogP contribution >= 0.6 is 0 Å². The average molecular weight is 552 g/mol. The maximum absolute atomic E-state index is 6.99. The molecule has 7 aromatic carbocycles. The van der Waals surface area contributed by atoms with Crippen LogP contribution in [-0.4, -0.2) is 0 Å². The Balaban J connectivity index is 1.35. The van der Waals surface area contributed by atoms with Crippen molar-refractivity contribution in [2.75, 3.05) is 4.90 Å². The average Bonchev–Trinajstić information content (AvgIpc) is 3.66. The van der Waals surface area contributed by atoms with Crippen LogP contribution in [0.3, 0.4) is 0 Å². The van der Waals surface area contributed by atoms with E-state index >= 15 is 0 Å². The molecule has 0 unspecified atom stereocenters. The third kappa shape index (κ3) is 3.62. The van der Waals surface area contributed by atoms with Gasteiger partial charge in [0.15, 0.2) is 5.58 Å². The first-order valence-electron chi connectivity index (χ1n) is 14.5. The van der Waals surface area contributed by atoms with Gasteiger partial charge in [0.1, 0.15) is 16.7 Å². The molecule has 0 bridgehead atoms. The monoisotopic (exact) mass is 551 g/mol. The molecule has 9 aromatic rings. The minimum atomic E-state index is 0.844. The summed E-state index contributed by atoms with van der Waals surface area (Å²) < 4.78 is 13.5. The number of fused-ring (bicyclic) bond motifs is 10. The topological polar surface area (TPSA) is 29.5 Å². The van der Waals surface area contributed by atoms with Gasteiger partial charge in [-0.05, 0) is 52.9 Å². The Kier molecular flexibility index (Phi) is 5.20. The number of para-hydroxylation sites is 3. The van der Waals surface area contributed by atoms with Gasteiger partial charge in [-0.1, -0.05) is 115 Å². The smallest absolute Gasteiger partial charge is 0.159 e. The Bertz CT molecular complexity index is 2440. The van der Waals surface area contributed by atoms with E-state index in [4.69, 9.17) is 8.83 Å². The molecule has 0 fully saturated rings. The molecule has 9 rings (SSSR count). The molecule has 3 heteroatoms. The van der Waals surface area contributed by atoms with E-state index in [0.29, 0.717) is 0 Å². The number of rotatable bonds is 4. The van der Waals surface area contributed by atoms with Crippen LogP contribution in [0.5, 0.6) is 0 Å². The Morgan fingerprint density at radius 3 is 1.74 bits per heavy atom. The zero-order chi connectivity index (χ0) is 28.3. The number of nitrogens with zero attached hydrogens (tertiary/aromatic N) is 1. The predicted octanol–water partition coefficient (Wildman–Crippen LogP) is 11.8. The Morgan fingerprint density at radius 2 is 0.953 bits per heavy atom. The molecule has 0 spiro atoms. The van der Waals surface area contributed by atoms with E-state index in [9.17, 15) is 0 Å². The van der Waals surface area contributed by atoms with Crippen molar-refractivity contribution in [3.8, 4) is 11.1 Å². The SMILES string of the molecule is c1ccc(-c2ccc(N(c3ccccc3)c3cccc4c3oc3c4c4ccccc4c4oc5ccccc5c43)cc2)cc1. The van der Waals surface area contributed by atoms with E-state index < -0.39 is 0 Å². The maximum Gasteiger partial charge on any atom is 0.159 e. The van der Waals surface area contributed by atoms with E-state index in [1.807, 2.05) is 18.2 Å². The highest BCUT2D eigenvalue weighted by Crippen LogP contribution is 2.48. The third-order valence-electron chi connectivity index (χ3n) is 8.45. The van der Waals surface area contributed by atoms with Gasteiger partial charge < -0.3 is 13.7 Å². The van der Waals surface area contributed by atoms with Crippen molar-refractivity contribution in [1.29, 1.82) is 0 Å². The number of hydrogen-bond acceptors (Lipinski definition) is 3. The fourth-order valence-electron chi connectivity index (χ4n) is 6.52. The Morgan fingerprint density at radius 1 is 0.349 bits per heavy atom. The quantitative estimate of drug-likeness (QED) is 0.218. The van der Waals surface area contributed by atoms with Crippen molar-refractivity contribution in [2.45, 2.75) is 0 Å². The summed E-state index contributed by atoms with van der Waals surface area (Å²) in [7, 11) is 0.